The van der Waals surface area contributed by atoms with Crippen molar-refractivity contribution in [1.82, 2.24) is 0 Å². The second-order valence-electron chi connectivity index (χ2n) is 8.82. The van der Waals surface area contributed by atoms with Gasteiger partial charge in [0.05, 0.1) is 24.7 Å². The molecule has 3 rings (SSSR count). The van der Waals surface area contributed by atoms with Crippen molar-refractivity contribution in [3.05, 3.63) is 42.0 Å². The van der Waals surface area contributed by atoms with Crippen molar-refractivity contribution in [3.63, 3.8) is 0 Å². The van der Waals surface area contributed by atoms with E-state index in [1.807, 2.05) is 6.92 Å². The molecule has 6 nitrogen and oxygen atoms in total. The van der Waals surface area contributed by atoms with Crippen LogP contribution in [-0.4, -0.2) is 52.8 Å². The smallest absolute Gasteiger partial charge is 0.306 e. The van der Waals surface area contributed by atoms with E-state index in [1.54, 1.807) is 6.08 Å². The first kappa shape index (κ1) is 24.6. The Morgan fingerprint density at radius 2 is 2.12 bits per heavy atom. The lowest BCUT2D eigenvalue weighted by Gasteiger charge is -2.23. The molecule has 0 bridgehead atoms. The molecule has 0 amide bonds. The van der Waals surface area contributed by atoms with Crippen LogP contribution in [0.4, 0.5) is 8.78 Å². The summed E-state index contributed by atoms with van der Waals surface area (Å²) in [6.45, 7) is 2.08. The molecule has 0 spiro atoms. The predicted molar refractivity (Wildman–Crippen MR) is 113 cm³/mol. The highest BCUT2D eigenvalue weighted by atomic mass is 19.1. The summed E-state index contributed by atoms with van der Waals surface area (Å²) >= 11 is 0. The average molecular weight is 455 g/mol. The highest BCUT2D eigenvalue weighted by Gasteiger charge is 2.44. The van der Waals surface area contributed by atoms with Gasteiger partial charge in [-0.25, -0.2) is 8.78 Å². The highest BCUT2D eigenvalue weighted by molar-refractivity contribution is 5.70. The number of aliphatic carboxylic acids is 1. The molecule has 1 saturated heterocycles. The second kappa shape index (κ2) is 11.2. The molecule has 1 aromatic rings. The molecule has 1 aliphatic heterocycles. The number of fused-ring (bicyclic) bond motifs is 1. The van der Waals surface area contributed by atoms with Crippen LogP contribution in [0.2, 0.25) is 0 Å². The normalized spacial score (nSPS) is 30.0. The monoisotopic (exact) mass is 454 g/mol. The van der Waals surface area contributed by atoms with Crippen LogP contribution in [0.25, 0.3) is 0 Å². The minimum atomic E-state index is -1.07. The number of hydrogen-bond acceptors (Lipinski definition) is 5. The number of aliphatic hydroxyl groups is 2. The Morgan fingerprint density at radius 3 is 2.84 bits per heavy atom. The number of halogens is 2. The van der Waals surface area contributed by atoms with Gasteiger partial charge in [0, 0.05) is 18.4 Å². The van der Waals surface area contributed by atoms with Gasteiger partial charge in [-0.1, -0.05) is 25.5 Å². The van der Waals surface area contributed by atoms with Gasteiger partial charge in [0.25, 0.3) is 0 Å². The van der Waals surface area contributed by atoms with E-state index < -0.39 is 35.7 Å². The number of hydrogen-bond donors (Lipinski definition) is 3. The summed E-state index contributed by atoms with van der Waals surface area (Å²) < 4.78 is 38.1. The Kier molecular flexibility index (Phi) is 8.62. The number of ether oxygens (including phenoxy) is 2. The largest absolute Gasteiger partial charge is 0.487 e. The molecule has 32 heavy (non-hydrogen) atoms. The summed E-state index contributed by atoms with van der Waals surface area (Å²) in [5.41, 5.74) is 0. The molecule has 0 radical (unpaired) electrons. The molecule has 1 aliphatic carbocycles. The Labute approximate surface area is 186 Å². The van der Waals surface area contributed by atoms with Crippen LogP contribution in [0.5, 0.6) is 5.75 Å². The lowest BCUT2D eigenvalue weighted by molar-refractivity contribution is -0.145. The summed E-state index contributed by atoms with van der Waals surface area (Å²) in [4.78, 5) is 11.7. The van der Waals surface area contributed by atoms with Crippen molar-refractivity contribution < 1.29 is 38.4 Å². The zero-order chi connectivity index (χ0) is 23.3. The molecular formula is C24H32F2O6. The van der Waals surface area contributed by atoms with Gasteiger partial charge in [-0.15, -0.1) is 0 Å². The van der Waals surface area contributed by atoms with Crippen molar-refractivity contribution >= 4 is 5.97 Å². The maximum absolute atomic E-state index is 13.6. The maximum Gasteiger partial charge on any atom is 0.306 e. The molecule has 1 heterocycles. The summed E-state index contributed by atoms with van der Waals surface area (Å²) in [7, 11) is 0. The molecule has 1 unspecified atom stereocenters. The molecule has 2 aliphatic rings. The Bertz CT molecular complexity index is 801. The zero-order valence-corrected chi connectivity index (χ0v) is 18.2. The molecular weight excluding hydrogens is 422 g/mol. The lowest BCUT2D eigenvalue weighted by Crippen LogP contribution is -2.27. The van der Waals surface area contributed by atoms with Crippen molar-refractivity contribution in [3.8, 4) is 5.75 Å². The molecule has 7 atom stereocenters. The van der Waals surface area contributed by atoms with Gasteiger partial charge in [-0.3, -0.25) is 4.79 Å². The molecule has 3 N–H and O–H groups in total. The lowest BCUT2D eigenvalue weighted by atomic mass is 9.82. The van der Waals surface area contributed by atoms with Gasteiger partial charge >= 0.3 is 5.97 Å². The van der Waals surface area contributed by atoms with E-state index in [2.05, 4.69) is 0 Å². The topological polar surface area (TPSA) is 96.2 Å². The predicted octanol–water partition coefficient (Wildman–Crippen LogP) is 3.55. The number of carbonyl (C=O) groups is 1. The standard InChI is InChI=1S/C24H32F2O6/c1-2-3-17(24(29)30)14-4-7-19-18(21(28)11-22(19)31-12-14)8-6-16(27)13-32-23-10-15(25)5-9-20(23)26/h5-6,8-10,14,16-19,21-22,27-28H,2-4,7,11-13H2,1H3,(H,29,30)/b8-6+/t14-,16+,17?,18+,19+,21+,22-/m0/s1. The molecule has 2 fully saturated rings. The van der Waals surface area contributed by atoms with Gasteiger partial charge in [0.2, 0.25) is 0 Å². The summed E-state index contributed by atoms with van der Waals surface area (Å²) in [5, 5.41) is 30.3. The number of aliphatic hydroxyl groups excluding tert-OH is 2. The number of benzene rings is 1. The number of carboxylic acid groups (broad SMARTS) is 1. The molecule has 178 valence electrons. The quantitative estimate of drug-likeness (QED) is 0.494. The van der Waals surface area contributed by atoms with Gasteiger partial charge in [0.15, 0.2) is 11.6 Å². The highest BCUT2D eigenvalue weighted by Crippen LogP contribution is 2.42. The van der Waals surface area contributed by atoms with Gasteiger partial charge in [-0.2, -0.15) is 0 Å². The number of rotatable bonds is 9. The second-order valence-corrected chi connectivity index (χ2v) is 8.82. The summed E-state index contributed by atoms with van der Waals surface area (Å²) in [6, 6.07) is 2.85. The van der Waals surface area contributed by atoms with Crippen LogP contribution in [0, 0.1) is 35.3 Å². The zero-order valence-electron chi connectivity index (χ0n) is 18.2. The van der Waals surface area contributed by atoms with Crippen molar-refractivity contribution in [2.75, 3.05) is 13.2 Å². The summed E-state index contributed by atoms with van der Waals surface area (Å²) in [5.74, 6) is -3.12. The van der Waals surface area contributed by atoms with Gasteiger partial charge in [-0.05, 0) is 43.2 Å². The van der Waals surface area contributed by atoms with Crippen LogP contribution in [0.3, 0.4) is 0 Å². The summed E-state index contributed by atoms with van der Waals surface area (Å²) in [6.07, 6.45) is 4.68. The van der Waals surface area contributed by atoms with Crippen LogP contribution >= 0.6 is 0 Å². The van der Waals surface area contributed by atoms with Gasteiger partial charge < -0.3 is 24.8 Å². The Morgan fingerprint density at radius 1 is 1.34 bits per heavy atom. The van der Waals surface area contributed by atoms with Crippen molar-refractivity contribution in [2.24, 2.45) is 23.7 Å². The third-order valence-corrected chi connectivity index (χ3v) is 6.63. The van der Waals surface area contributed by atoms with E-state index in [9.17, 15) is 28.9 Å². The van der Waals surface area contributed by atoms with Crippen LogP contribution in [0.1, 0.15) is 39.0 Å². The third kappa shape index (κ3) is 6.05. The van der Waals surface area contributed by atoms with E-state index in [0.717, 1.165) is 31.0 Å². The molecule has 0 aromatic heterocycles. The fourth-order valence-electron chi connectivity index (χ4n) is 4.95. The maximum atomic E-state index is 13.6. The van der Waals surface area contributed by atoms with E-state index in [-0.39, 0.29) is 36.2 Å². The van der Waals surface area contributed by atoms with Crippen LogP contribution < -0.4 is 4.74 Å². The van der Waals surface area contributed by atoms with E-state index in [1.165, 1.54) is 6.08 Å². The van der Waals surface area contributed by atoms with E-state index >= 15 is 0 Å². The van der Waals surface area contributed by atoms with Gasteiger partial charge in [0.1, 0.15) is 18.5 Å². The first-order valence-electron chi connectivity index (χ1n) is 11.3. The van der Waals surface area contributed by atoms with Crippen LogP contribution in [-0.2, 0) is 9.53 Å². The van der Waals surface area contributed by atoms with E-state index in [0.29, 0.717) is 25.9 Å². The van der Waals surface area contributed by atoms with Crippen molar-refractivity contribution in [2.45, 2.75) is 57.3 Å². The first-order valence-corrected chi connectivity index (χ1v) is 11.3. The Hall–Kier alpha value is -2.03. The molecule has 1 aromatic carbocycles. The third-order valence-electron chi connectivity index (χ3n) is 6.63. The number of carboxylic acids is 1. The fraction of sp³-hybridized carbons (Fsp3) is 0.625. The molecule has 8 heteroatoms. The van der Waals surface area contributed by atoms with Crippen molar-refractivity contribution in [1.29, 1.82) is 0 Å². The Balaban J connectivity index is 1.58. The van der Waals surface area contributed by atoms with E-state index in [4.69, 9.17) is 9.47 Å². The first-order chi connectivity index (χ1) is 15.3. The minimum Gasteiger partial charge on any atom is -0.487 e. The minimum absolute atomic E-state index is 0.0242. The fourth-order valence-corrected chi connectivity index (χ4v) is 4.95. The molecule has 1 saturated carbocycles. The average Bonchev–Trinajstić information content (AvgIpc) is 2.91. The van der Waals surface area contributed by atoms with Crippen LogP contribution in [0.15, 0.2) is 30.4 Å². The SMILES string of the molecule is CCCC(C(=O)O)[C@H]1CC[C@@H]2[C@@H](/C=C/[C@@H](O)COc3cc(F)ccc3F)[C@H](O)C[C@@H]2OC1.